The fourth-order valence-electron chi connectivity index (χ4n) is 10.3. The molecule has 4 fully saturated rings. The van der Waals surface area contributed by atoms with Gasteiger partial charge in [0.05, 0.1) is 45.7 Å². The monoisotopic (exact) mass is 884 g/mol. The number of anilines is 2. The van der Waals surface area contributed by atoms with Crippen molar-refractivity contribution in [2.45, 2.75) is 126 Å². The van der Waals surface area contributed by atoms with Gasteiger partial charge in [-0.25, -0.2) is 9.97 Å². The van der Waals surface area contributed by atoms with Gasteiger partial charge in [-0.05, 0) is 96.9 Å². The number of fused-ring (bicyclic) bond motifs is 2. The van der Waals surface area contributed by atoms with Crippen LogP contribution >= 0.6 is 0 Å². The van der Waals surface area contributed by atoms with Crippen LogP contribution in [0.15, 0.2) is 80.0 Å². The third-order valence-electron chi connectivity index (χ3n) is 12.8. The van der Waals surface area contributed by atoms with Gasteiger partial charge < -0.3 is 33.1 Å². The molecule has 10 rings (SSSR count). The van der Waals surface area contributed by atoms with E-state index in [9.17, 15) is 17.6 Å². The van der Waals surface area contributed by atoms with Crippen LogP contribution in [0.5, 0.6) is 11.8 Å². The van der Waals surface area contributed by atoms with Gasteiger partial charge in [0.25, 0.3) is 0 Å². The molecule has 0 aromatic carbocycles. The minimum Gasteiger partial charge on any atom is -0.474 e. The molecule has 0 radical (unpaired) electrons. The van der Waals surface area contributed by atoms with Crippen molar-refractivity contribution < 1.29 is 36.5 Å². The number of rotatable bonds is 9. The highest BCUT2D eigenvalue weighted by atomic mass is 19.3. The van der Waals surface area contributed by atoms with E-state index >= 15 is 0 Å². The van der Waals surface area contributed by atoms with E-state index in [-0.39, 0.29) is 29.8 Å². The number of hydrogen-bond acceptors (Lipinski definition) is 12. The van der Waals surface area contributed by atoms with Gasteiger partial charge in [0.2, 0.25) is 11.8 Å². The summed E-state index contributed by atoms with van der Waals surface area (Å²) in [4.78, 5) is 31.3. The smallest absolute Gasteiger partial charge is 0.377 e. The zero-order valence-corrected chi connectivity index (χ0v) is 36.3. The first-order chi connectivity index (χ1) is 30.5. The van der Waals surface area contributed by atoms with Crippen molar-refractivity contribution in [3.63, 3.8) is 0 Å². The van der Waals surface area contributed by atoms with Crippen LogP contribution in [0.25, 0.3) is 21.8 Å². The Balaban J connectivity index is 1.02. The van der Waals surface area contributed by atoms with E-state index in [0.717, 1.165) is 59.4 Å². The predicted octanol–water partition coefficient (Wildman–Crippen LogP) is 8.90. The van der Waals surface area contributed by atoms with E-state index < -0.39 is 42.6 Å². The van der Waals surface area contributed by atoms with Crippen LogP contribution in [0.4, 0.5) is 29.2 Å². The van der Waals surface area contributed by atoms with Crippen LogP contribution in [0.1, 0.15) is 96.3 Å². The lowest BCUT2D eigenvalue weighted by Crippen LogP contribution is -2.57. The SMILES string of the molecule is CC1(C)CN(c2cc3nc(C4C[C@@H](n5ccnc5)CC[C@H]4Oc4nc(N5CC(F)(F)OC(F)(F)C5)cc5ncccc45)ccc3c(OC3CCC(n4ccnc4)CC3)n2)CC(C)(C)O1. The van der Waals surface area contributed by atoms with E-state index in [0.29, 0.717) is 48.8 Å². The number of ether oxygens (including phenoxy) is 4. The predicted molar refractivity (Wildman–Crippen MR) is 230 cm³/mol. The number of nitrogens with zero attached hydrogens (tertiary/aromatic N) is 10. The van der Waals surface area contributed by atoms with Crippen LogP contribution in [0.2, 0.25) is 0 Å². The normalized spacial score (nSPS) is 26.5. The minimum absolute atomic E-state index is 0.0301. The van der Waals surface area contributed by atoms with Gasteiger partial charge in [-0.1, -0.05) is 0 Å². The average molecular weight is 885 g/mol. The zero-order chi connectivity index (χ0) is 44.4. The Labute approximate surface area is 367 Å². The van der Waals surface area contributed by atoms with Crippen molar-refractivity contribution in [3.05, 3.63) is 85.7 Å². The van der Waals surface area contributed by atoms with E-state index in [1.54, 1.807) is 24.5 Å². The highest BCUT2D eigenvalue weighted by Crippen LogP contribution is 2.44. The van der Waals surface area contributed by atoms with Crippen molar-refractivity contribution in [1.29, 1.82) is 0 Å². The molecule has 4 aliphatic rings. The van der Waals surface area contributed by atoms with Crippen molar-refractivity contribution >= 4 is 33.4 Å². The van der Waals surface area contributed by atoms with Crippen molar-refractivity contribution in [2.75, 3.05) is 36.0 Å². The quantitative estimate of drug-likeness (QED) is 0.129. The fraction of sp³-hybridized carbons (Fsp3) is 0.522. The molecule has 2 saturated heterocycles. The number of imidazole rings is 2. The summed E-state index contributed by atoms with van der Waals surface area (Å²) in [5, 5.41) is 1.31. The molecule has 18 heteroatoms. The van der Waals surface area contributed by atoms with Gasteiger partial charge in [-0.15, -0.1) is 0 Å². The lowest BCUT2D eigenvalue weighted by atomic mass is 9.80. The summed E-state index contributed by atoms with van der Waals surface area (Å²) in [6, 6.07) is 11.4. The second kappa shape index (κ2) is 16.1. The third kappa shape index (κ3) is 8.90. The molecule has 8 heterocycles. The Morgan fingerprint density at radius 3 is 1.88 bits per heavy atom. The van der Waals surface area contributed by atoms with Crippen molar-refractivity contribution in [2.24, 2.45) is 0 Å². The van der Waals surface area contributed by atoms with Gasteiger partial charge in [0.1, 0.15) is 36.9 Å². The summed E-state index contributed by atoms with van der Waals surface area (Å²) in [5.74, 6) is 0.981. The lowest BCUT2D eigenvalue weighted by Gasteiger charge is -2.47. The number of hydrogen-bond donors (Lipinski definition) is 0. The minimum atomic E-state index is -4.10. The van der Waals surface area contributed by atoms with Gasteiger partial charge in [-0.3, -0.25) is 14.7 Å². The molecule has 14 nitrogen and oxygen atoms in total. The van der Waals surface area contributed by atoms with Crippen LogP contribution in [0.3, 0.4) is 0 Å². The van der Waals surface area contributed by atoms with E-state index in [4.69, 9.17) is 24.2 Å². The van der Waals surface area contributed by atoms with Gasteiger partial charge >= 0.3 is 12.2 Å². The second-order valence-electron chi connectivity index (χ2n) is 19.0. The Morgan fingerprint density at radius 2 is 1.22 bits per heavy atom. The maximum Gasteiger partial charge on any atom is 0.377 e. The van der Waals surface area contributed by atoms with Crippen LogP contribution < -0.4 is 19.3 Å². The topological polar surface area (TPSA) is 131 Å². The van der Waals surface area contributed by atoms with Crippen molar-refractivity contribution in [3.8, 4) is 11.8 Å². The summed E-state index contributed by atoms with van der Waals surface area (Å²) in [6.07, 6.45) is 9.65. The standard InChI is InChI=1S/C46H52F4N10O4/c1-43(2)23-59(24-44(3,4)63-43)40-22-37-33(41(55-40)61-31-10-7-29(8-11-31)57-18-16-51-27-57)12-13-35(54-37)34-20-30(58-19-17-52-28-58)9-14-38(34)62-42-32-6-5-15-53-36(32)21-39(56-42)60-25-45(47,48)64-46(49,50)26-60/h5-6,12-13,15-19,21-22,27-31,34,38H,7-11,14,20,23-26H2,1-4H3/t29?,30-,31?,34?,38+/m0/s1. The number of morpholine rings is 2. The van der Waals surface area contributed by atoms with Gasteiger partial charge in [-0.2, -0.15) is 27.5 Å². The first kappa shape index (κ1) is 42.3. The summed E-state index contributed by atoms with van der Waals surface area (Å²) < 4.78 is 86.1. The molecule has 0 N–H and O–H groups in total. The lowest BCUT2D eigenvalue weighted by molar-refractivity contribution is -0.380. The van der Waals surface area contributed by atoms with E-state index in [1.807, 2.05) is 49.4 Å². The Hall–Kier alpha value is -5.62. The molecule has 2 saturated carbocycles. The molecule has 2 aliphatic heterocycles. The molecule has 0 bridgehead atoms. The second-order valence-corrected chi connectivity index (χ2v) is 19.0. The molecule has 6 aromatic heterocycles. The number of pyridine rings is 4. The fourth-order valence-corrected chi connectivity index (χ4v) is 10.3. The van der Waals surface area contributed by atoms with E-state index in [2.05, 4.69) is 66.4 Å². The third-order valence-corrected chi connectivity index (χ3v) is 12.8. The van der Waals surface area contributed by atoms with Crippen LogP contribution in [0, 0.1) is 0 Å². The highest BCUT2D eigenvalue weighted by Gasteiger charge is 2.52. The molecule has 6 aromatic rings. The van der Waals surface area contributed by atoms with Crippen LogP contribution in [-0.4, -0.2) is 101 Å². The molecule has 1 unspecified atom stereocenters. The largest absolute Gasteiger partial charge is 0.474 e. The first-order valence-corrected chi connectivity index (χ1v) is 22.1. The Morgan fingerprint density at radius 1 is 0.625 bits per heavy atom. The Bertz CT molecular complexity index is 2570. The molecule has 0 amide bonds. The Kier molecular flexibility index (Phi) is 10.7. The summed E-state index contributed by atoms with van der Waals surface area (Å²) >= 11 is 0. The summed E-state index contributed by atoms with van der Waals surface area (Å²) in [5.41, 5.74) is 0.984. The molecule has 0 spiro atoms. The number of aromatic nitrogens is 8. The highest BCUT2D eigenvalue weighted by molar-refractivity contribution is 5.87. The molecule has 3 atom stereocenters. The molecular formula is C46H52F4N10O4. The maximum absolute atomic E-state index is 14.5. The molecular weight excluding hydrogens is 833 g/mol. The van der Waals surface area contributed by atoms with Crippen molar-refractivity contribution in [1.82, 2.24) is 39.0 Å². The zero-order valence-electron chi connectivity index (χ0n) is 36.3. The molecule has 64 heavy (non-hydrogen) atoms. The van der Waals surface area contributed by atoms with Gasteiger partial charge in [0.15, 0.2) is 0 Å². The summed E-state index contributed by atoms with van der Waals surface area (Å²) in [6.45, 7) is 7.36. The van der Waals surface area contributed by atoms with Crippen LogP contribution in [-0.2, 0) is 9.47 Å². The summed E-state index contributed by atoms with van der Waals surface area (Å²) in [7, 11) is 0. The van der Waals surface area contributed by atoms with E-state index in [1.165, 1.54) is 6.07 Å². The van der Waals surface area contributed by atoms with Gasteiger partial charge in [0, 0.05) is 79.9 Å². The first-order valence-electron chi connectivity index (χ1n) is 22.1. The number of halogens is 4. The molecule has 338 valence electrons. The average Bonchev–Trinajstić information content (AvgIpc) is 3.98. The number of alkyl halides is 4. The molecule has 2 aliphatic carbocycles. The maximum atomic E-state index is 14.5.